The molecule has 3 N–H and O–H groups in total. The SMILES string of the molecule is C[C@@H](NC(=O)CN1c2ccc(S(N)(=O)=O)cc2C[C@@H]1C)c1ccc2c(c1)OCO2. The van der Waals surface area contributed by atoms with E-state index in [9.17, 15) is 13.2 Å². The van der Waals surface area contributed by atoms with E-state index in [0.717, 1.165) is 16.8 Å². The molecule has 2 aliphatic rings. The highest BCUT2D eigenvalue weighted by Crippen LogP contribution is 2.35. The number of carbonyl (C=O) groups excluding carboxylic acids is 1. The maximum Gasteiger partial charge on any atom is 0.240 e. The molecule has 0 aromatic heterocycles. The van der Waals surface area contributed by atoms with Crippen molar-refractivity contribution in [1.82, 2.24) is 5.32 Å². The van der Waals surface area contributed by atoms with Crippen molar-refractivity contribution in [2.24, 2.45) is 5.14 Å². The number of fused-ring (bicyclic) bond motifs is 2. The smallest absolute Gasteiger partial charge is 0.240 e. The predicted molar refractivity (Wildman–Crippen MR) is 107 cm³/mol. The summed E-state index contributed by atoms with van der Waals surface area (Å²) in [6.45, 7) is 4.30. The molecule has 0 saturated heterocycles. The van der Waals surface area contributed by atoms with Crippen molar-refractivity contribution >= 4 is 21.6 Å². The number of hydrogen-bond donors (Lipinski definition) is 2. The fraction of sp³-hybridized carbons (Fsp3) is 0.350. The van der Waals surface area contributed by atoms with Gasteiger partial charge in [-0.05, 0) is 61.7 Å². The van der Waals surface area contributed by atoms with Crippen LogP contribution in [0.5, 0.6) is 11.5 Å². The number of ether oxygens (including phenoxy) is 2. The summed E-state index contributed by atoms with van der Waals surface area (Å²) in [5.74, 6) is 1.26. The summed E-state index contributed by atoms with van der Waals surface area (Å²) in [6.07, 6.45) is 0.656. The maximum atomic E-state index is 12.7. The van der Waals surface area contributed by atoms with Crippen LogP contribution in [0.1, 0.15) is 31.0 Å². The third-order valence-electron chi connectivity index (χ3n) is 5.32. The Balaban J connectivity index is 1.45. The molecule has 0 spiro atoms. The van der Waals surface area contributed by atoms with Crippen molar-refractivity contribution in [2.75, 3.05) is 18.2 Å². The van der Waals surface area contributed by atoms with Gasteiger partial charge in [0.25, 0.3) is 0 Å². The number of hydrogen-bond acceptors (Lipinski definition) is 6. The minimum atomic E-state index is -3.75. The highest BCUT2D eigenvalue weighted by atomic mass is 32.2. The first kappa shape index (κ1) is 19.5. The first-order chi connectivity index (χ1) is 13.7. The number of rotatable bonds is 5. The molecule has 2 aromatic carbocycles. The summed E-state index contributed by atoms with van der Waals surface area (Å²) < 4.78 is 33.9. The van der Waals surface area contributed by atoms with Gasteiger partial charge < -0.3 is 19.7 Å². The topological polar surface area (TPSA) is 111 Å². The molecule has 4 rings (SSSR count). The highest BCUT2D eigenvalue weighted by molar-refractivity contribution is 7.89. The van der Waals surface area contributed by atoms with Gasteiger partial charge in [0.2, 0.25) is 22.7 Å². The van der Waals surface area contributed by atoms with Crippen molar-refractivity contribution < 1.29 is 22.7 Å². The second-order valence-corrected chi connectivity index (χ2v) is 8.98. The van der Waals surface area contributed by atoms with Gasteiger partial charge in [0.1, 0.15) is 0 Å². The van der Waals surface area contributed by atoms with Crippen LogP contribution in [0.25, 0.3) is 0 Å². The standard InChI is InChI=1S/C20H23N3O5S/c1-12-7-15-8-16(29(21,25)26)4-5-17(15)23(12)10-20(24)22-13(2)14-3-6-18-19(9-14)28-11-27-18/h3-6,8-9,12-13H,7,10-11H2,1-2H3,(H,22,24)(H2,21,25,26)/t12-,13+/m0/s1. The van der Waals surface area contributed by atoms with Crippen LogP contribution in [-0.4, -0.2) is 33.7 Å². The van der Waals surface area contributed by atoms with Gasteiger partial charge in [-0.2, -0.15) is 0 Å². The molecule has 2 atom stereocenters. The molecule has 0 aliphatic carbocycles. The van der Waals surface area contributed by atoms with Crippen molar-refractivity contribution in [3.8, 4) is 11.5 Å². The normalized spacial score (nSPS) is 18.4. The minimum absolute atomic E-state index is 0.0762. The van der Waals surface area contributed by atoms with E-state index >= 15 is 0 Å². The van der Waals surface area contributed by atoms with Crippen LogP contribution in [0.15, 0.2) is 41.3 Å². The number of primary sulfonamides is 1. The van der Waals surface area contributed by atoms with Crippen LogP contribution < -0.4 is 24.8 Å². The van der Waals surface area contributed by atoms with E-state index in [0.29, 0.717) is 17.9 Å². The first-order valence-corrected chi connectivity index (χ1v) is 10.9. The van der Waals surface area contributed by atoms with Crippen LogP contribution in [0.3, 0.4) is 0 Å². The molecule has 9 heteroatoms. The summed E-state index contributed by atoms with van der Waals surface area (Å²) in [6, 6.07) is 10.3. The number of sulfonamides is 1. The second kappa shape index (κ2) is 7.23. The average molecular weight is 417 g/mol. The van der Waals surface area contributed by atoms with Crippen molar-refractivity contribution in [2.45, 2.75) is 37.2 Å². The Hall–Kier alpha value is -2.78. The quantitative estimate of drug-likeness (QED) is 0.766. The highest BCUT2D eigenvalue weighted by Gasteiger charge is 2.29. The number of nitrogens with zero attached hydrogens (tertiary/aromatic N) is 1. The van der Waals surface area contributed by atoms with E-state index in [1.165, 1.54) is 6.07 Å². The van der Waals surface area contributed by atoms with E-state index in [-0.39, 0.29) is 36.2 Å². The zero-order valence-electron chi connectivity index (χ0n) is 16.2. The number of nitrogens with one attached hydrogen (secondary N) is 1. The lowest BCUT2D eigenvalue weighted by Crippen LogP contribution is -2.40. The summed E-state index contributed by atoms with van der Waals surface area (Å²) >= 11 is 0. The average Bonchev–Trinajstić information content (AvgIpc) is 3.24. The third-order valence-corrected chi connectivity index (χ3v) is 6.24. The van der Waals surface area contributed by atoms with Gasteiger partial charge in [-0.25, -0.2) is 13.6 Å². The third kappa shape index (κ3) is 3.88. The summed E-state index contributed by atoms with van der Waals surface area (Å²) in [5, 5.41) is 8.23. The van der Waals surface area contributed by atoms with Gasteiger partial charge in [0.15, 0.2) is 11.5 Å². The Bertz CT molecular complexity index is 1070. The molecule has 0 radical (unpaired) electrons. The number of benzene rings is 2. The first-order valence-electron chi connectivity index (χ1n) is 9.33. The zero-order valence-corrected chi connectivity index (χ0v) is 17.0. The lowest BCUT2D eigenvalue weighted by atomic mass is 10.1. The minimum Gasteiger partial charge on any atom is -0.454 e. The van der Waals surface area contributed by atoms with Crippen molar-refractivity contribution in [1.29, 1.82) is 0 Å². The van der Waals surface area contributed by atoms with Gasteiger partial charge in [-0.1, -0.05) is 6.07 Å². The largest absolute Gasteiger partial charge is 0.454 e. The number of nitrogens with two attached hydrogens (primary N) is 1. The van der Waals surface area contributed by atoms with Gasteiger partial charge in [0.05, 0.1) is 17.5 Å². The number of anilines is 1. The molecular formula is C20H23N3O5S. The monoisotopic (exact) mass is 417 g/mol. The molecule has 0 unspecified atom stereocenters. The Morgan fingerprint density at radius 1 is 1.24 bits per heavy atom. The van der Waals surface area contributed by atoms with Crippen LogP contribution in [0.2, 0.25) is 0 Å². The number of amides is 1. The molecular weight excluding hydrogens is 394 g/mol. The second-order valence-electron chi connectivity index (χ2n) is 7.42. The van der Waals surface area contributed by atoms with Crippen molar-refractivity contribution in [3.63, 3.8) is 0 Å². The van der Waals surface area contributed by atoms with Crippen LogP contribution >= 0.6 is 0 Å². The van der Waals surface area contributed by atoms with Crippen LogP contribution in [0.4, 0.5) is 5.69 Å². The van der Waals surface area contributed by atoms with Gasteiger partial charge in [-0.15, -0.1) is 0 Å². The lowest BCUT2D eigenvalue weighted by molar-refractivity contribution is -0.120. The van der Waals surface area contributed by atoms with Crippen LogP contribution in [-0.2, 0) is 21.2 Å². The summed E-state index contributed by atoms with van der Waals surface area (Å²) in [4.78, 5) is 14.7. The molecule has 154 valence electrons. The molecule has 0 saturated carbocycles. The fourth-order valence-electron chi connectivity index (χ4n) is 3.80. The lowest BCUT2D eigenvalue weighted by Gasteiger charge is -2.25. The van der Waals surface area contributed by atoms with Crippen LogP contribution in [0, 0.1) is 0 Å². The van der Waals surface area contributed by atoms with E-state index < -0.39 is 10.0 Å². The summed E-state index contributed by atoms with van der Waals surface area (Å²) in [5.41, 5.74) is 2.66. The number of carbonyl (C=O) groups is 1. The fourth-order valence-corrected chi connectivity index (χ4v) is 4.36. The Labute approximate surface area is 169 Å². The molecule has 2 heterocycles. The van der Waals surface area contributed by atoms with E-state index in [2.05, 4.69) is 5.32 Å². The van der Waals surface area contributed by atoms with E-state index in [1.807, 2.05) is 36.9 Å². The molecule has 29 heavy (non-hydrogen) atoms. The molecule has 8 nitrogen and oxygen atoms in total. The van der Waals surface area contributed by atoms with E-state index in [4.69, 9.17) is 14.6 Å². The predicted octanol–water partition coefficient (Wildman–Crippen LogP) is 1.69. The van der Waals surface area contributed by atoms with E-state index in [1.54, 1.807) is 12.1 Å². The molecule has 2 aromatic rings. The Morgan fingerprint density at radius 2 is 2.00 bits per heavy atom. The molecule has 0 bridgehead atoms. The summed E-state index contributed by atoms with van der Waals surface area (Å²) in [7, 11) is -3.75. The molecule has 2 aliphatic heterocycles. The van der Waals surface area contributed by atoms with Gasteiger partial charge in [0, 0.05) is 11.7 Å². The maximum absolute atomic E-state index is 12.7. The molecule has 1 amide bonds. The van der Waals surface area contributed by atoms with Gasteiger partial charge >= 0.3 is 0 Å². The van der Waals surface area contributed by atoms with Crippen molar-refractivity contribution in [3.05, 3.63) is 47.5 Å². The van der Waals surface area contributed by atoms with Gasteiger partial charge in [-0.3, -0.25) is 4.79 Å². The molecule has 0 fully saturated rings. The Kier molecular flexibility index (Phi) is 4.87. The zero-order chi connectivity index (χ0) is 20.8. The Morgan fingerprint density at radius 3 is 2.76 bits per heavy atom.